The normalized spacial score (nSPS) is 24.4. The third-order valence-electron chi connectivity index (χ3n) is 7.15. The van der Waals surface area contributed by atoms with Gasteiger partial charge in [0.15, 0.2) is 0 Å². The summed E-state index contributed by atoms with van der Waals surface area (Å²) in [5.74, 6) is 0.0966. The second kappa shape index (κ2) is 8.32. The number of nitrogens with one attached hydrogen (secondary N) is 1. The predicted octanol–water partition coefficient (Wildman–Crippen LogP) is 4.78. The van der Waals surface area contributed by atoms with Crippen molar-refractivity contribution in [2.45, 2.75) is 63.6 Å². The van der Waals surface area contributed by atoms with E-state index in [2.05, 4.69) is 45.9 Å². The van der Waals surface area contributed by atoms with Crippen molar-refractivity contribution in [3.05, 3.63) is 65.9 Å². The highest BCUT2D eigenvalue weighted by molar-refractivity contribution is 5.84. The van der Waals surface area contributed by atoms with Gasteiger partial charge in [0.25, 0.3) is 0 Å². The maximum absolute atomic E-state index is 14.0. The molecule has 0 aliphatic carbocycles. The maximum Gasteiger partial charge on any atom is 0.220 e. The largest absolute Gasteiger partial charge is 0.349 e. The topological polar surface area (TPSA) is 50.2 Å². The second-order valence-electron chi connectivity index (χ2n) is 9.71. The Hall–Kier alpha value is -2.73. The number of carbonyl (C=O) groups excluding carboxylic acids is 1. The molecule has 4 heterocycles. The SMILES string of the molecule is CC(C)n1cc(CN2C[C@@H](c3ccccn3)[C@@]3(CCCCC(=O)N3)C2)c2ccc(F)cc21. The second-order valence-corrected chi connectivity index (χ2v) is 9.71. The van der Waals surface area contributed by atoms with Gasteiger partial charge in [-0.25, -0.2) is 4.39 Å². The third-order valence-corrected chi connectivity index (χ3v) is 7.15. The van der Waals surface area contributed by atoms with Crippen LogP contribution in [-0.2, 0) is 11.3 Å². The van der Waals surface area contributed by atoms with Crippen molar-refractivity contribution in [2.75, 3.05) is 13.1 Å². The molecule has 6 heteroatoms. The Morgan fingerprint density at radius 3 is 2.91 bits per heavy atom. The third kappa shape index (κ3) is 3.81. The Morgan fingerprint density at radius 1 is 1.25 bits per heavy atom. The summed E-state index contributed by atoms with van der Waals surface area (Å²) in [5.41, 5.74) is 2.90. The number of amides is 1. The van der Waals surface area contributed by atoms with E-state index < -0.39 is 0 Å². The zero-order valence-corrected chi connectivity index (χ0v) is 18.9. The molecule has 2 aliphatic rings. The van der Waals surface area contributed by atoms with Gasteiger partial charge in [0.1, 0.15) is 5.82 Å². The fourth-order valence-electron chi connectivity index (χ4n) is 5.69. The predicted molar refractivity (Wildman–Crippen MR) is 124 cm³/mol. The summed E-state index contributed by atoms with van der Waals surface area (Å²) in [6.45, 7) is 6.65. The molecule has 0 bridgehead atoms. The van der Waals surface area contributed by atoms with Crippen molar-refractivity contribution in [2.24, 2.45) is 0 Å². The van der Waals surface area contributed by atoms with Crippen LogP contribution in [0.1, 0.15) is 62.7 Å². The van der Waals surface area contributed by atoms with E-state index in [1.165, 1.54) is 5.56 Å². The Labute approximate surface area is 188 Å². The molecule has 5 nitrogen and oxygen atoms in total. The number of nitrogens with zero attached hydrogens (tertiary/aromatic N) is 3. The van der Waals surface area contributed by atoms with E-state index in [1.54, 1.807) is 12.1 Å². The molecule has 0 unspecified atom stereocenters. The molecular weight excluding hydrogens is 403 g/mol. The number of halogens is 1. The zero-order valence-electron chi connectivity index (χ0n) is 18.9. The summed E-state index contributed by atoms with van der Waals surface area (Å²) in [5, 5.41) is 4.51. The van der Waals surface area contributed by atoms with Gasteiger partial charge >= 0.3 is 0 Å². The van der Waals surface area contributed by atoms with Crippen LogP contribution >= 0.6 is 0 Å². The number of hydrogen-bond acceptors (Lipinski definition) is 3. The van der Waals surface area contributed by atoms with Crippen molar-refractivity contribution in [3.63, 3.8) is 0 Å². The van der Waals surface area contributed by atoms with Crippen molar-refractivity contribution in [3.8, 4) is 0 Å². The molecule has 2 atom stereocenters. The average molecular weight is 435 g/mol. The summed E-state index contributed by atoms with van der Waals surface area (Å²) in [6, 6.07) is 11.4. The molecule has 1 amide bonds. The molecule has 32 heavy (non-hydrogen) atoms. The summed E-state index contributed by atoms with van der Waals surface area (Å²) in [4.78, 5) is 19.7. The lowest BCUT2D eigenvalue weighted by Gasteiger charge is -2.34. The van der Waals surface area contributed by atoms with E-state index in [1.807, 2.05) is 24.4 Å². The van der Waals surface area contributed by atoms with Crippen LogP contribution in [-0.4, -0.2) is 39.0 Å². The van der Waals surface area contributed by atoms with Crippen LogP contribution in [0.15, 0.2) is 48.8 Å². The molecule has 0 radical (unpaired) electrons. The molecule has 1 spiro atoms. The Balaban J connectivity index is 1.49. The number of likely N-dealkylation sites (tertiary alicyclic amines) is 1. The van der Waals surface area contributed by atoms with Crippen molar-refractivity contribution < 1.29 is 9.18 Å². The molecule has 0 saturated carbocycles. The Kier molecular flexibility index (Phi) is 5.49. The minimum absolute atomic E-state index is 0.150. The lowest BCUT2D eigenvalue weighted by Crippen LogP contribution is -2.52. The molecule has 2 aliphatic heterocycles. The monoisotopic (exact) mass is 434 g/mol. The van der Waals surface area contributed by atoms with E-state index in [-0.39, 0.29) is 29.2 Å². The molecule has 1 aromatic carbocycles. The number of carbonyl (C=O) groups is 1. The minimum Gasteiger partial charge on any atom is -0.349 e. The van der Waals surface area contributed by atoms with Gasteiger partial charge in [-0.2, -0.15) is 0 Å². The number of hydrogen-bond donors (Lipinski definition) is 1. The molecule has 1 N–H and O–H groups in total. The minimum atomic E-state index is -0.287. The highest BCUT2D eigenvalue weighted by atomic mass is 19.1. The van der Waals surface area contributed by atoms with Crippen LogP contribution in [0.5, 0.6) is 0 Å². The summed E-state index contributed by atoms with van der Waals surface area (Å²) >= 11 is 0. The molecule has 5 rings (SSSR count). The van der Waals surface area contributed by atoms with E-state index >= 15 is 0 Å². The number of pyridine rings is 1. The number of benzene rings is 1. The van der Waals surface area contributed by atoms with Gasteiger partial charge in [0.05, 0.1) is 11.1 Å². The first-order chi connectivity index (χ1) is 15.4. The first-order valence-corrected chi connectivity index (χ1v) is 11.7. The molecule has 3 aromatic rings. The van der Waals surface area contributed by atoms with Crippen LogP contribution in [0.2, 0.25) is 0 Å². The maximum atomic E-state index is 14.0. The zero-order chi connectivity index (χ0) is 22.3. The van der Waals surface area contributed by atoms with E-state index in [9.17, 15) is 9.18 Å². The van der Waals surface area contributed by atoms with Crippen molar-refractivity contribution in [1.82, 2.24) is 19.8 Å². The summed E-state index contributed by atoms with van der Waals surface area (Å²) < 4.78 is 16.1. The van der Waals surface area contributed by atoms with Crippen molar-refractivity contribution >= 4 is 16.8 Å². The quantitative estimate of drug-likeness (QED) is 0.643. The van der Waals surface area contributed by atoms with Gasteiger partial charge in [-0.05, 0) is 62.6 Å². The Bertz CT molecular complexity index is 1130. The van der Waals surface area contributed by atoms with Crippen LogP contribution in [0.25, 0.3) is 10.9 Å². The highest BCUT2D eigenvalue weighted by Gasteiger charge is 2.49. The lowest BCUT2D eigenvalue weighted by molar-refractivity contribution is -0.122. The van der Waals surface area contributed by atoms with Crippen molar-refractivity contribution in [1.29, 1.82) is 0 Å². The van der Waals surface area contributed by atoms with Crippen LogP contribution in [0.4, 0.5) is 4.39 Å². The Morgan fingerprint density at radius 2 is 2.12 bits per heavy atom. The van der Waals surface area contributed by atoms with E-state index in [0.29, 0.717) is 6.42 Å². The summed E-state index contributed by atoms with van der Waals surface area (Å²) in [6.07, 6.45) is 7.56. The first-order valence-electron chi connectivity index (χ1n) is 11.7. The van der Waals surface area contributed by atoms with Crippen LogP contribution in [0.3, 0.4) is 0 Å². The standard InChI is InChI=1S/C26H31FN4O/c1-18(2)31-15-19(21-10-9-20(27)13-24(21)31)14-30-16-22(23-7-4-6-12-28-23)26(17-30)11-5-3-8-25(32)29-26/h4,6-7,9-10,12-13,15,18,22H,3,5,8,11,14,16-17H2,1-2H3,(H,29,32)/t22-,26+/m0/s1. The fourth-order valence-corrected chi connectivity index (χ4v) is 5.69. The molecular formula is C26H31FN4O. The van der Waals surface area contributed by atoms with Gasteiger partial charge < -0.3 is 9.88 Å². The first kappa shape index (κ1) is 21.1. The lowest BCUT2D eigenvalue weighted by atomic mass is 9.81. The smallest absolute Gasteiger partial charge is 0.220 e. The highest BCUT2D eigenvalue weighted by Crippen LogP contribution is 2.41. The number of rotatable bonds is 4. The number of fused-ring (bicyclic) bond motifs is 1. The molecule has 2 fully saturated rings. The van der Waals surface area contributed by atoms with Gasteiger partial charge in [-0.3, -0.25) is 14.7 Å². The van der Waals surface area contributed by atoms with Gasteiger partial charge in [0, 0.05) is 61.5 Å². The van der Waals surface area contributed by atoms with Crippen LogP contribution < -0.4 is 5.32 Å². The molecule has 2 aromatic heterocycles. The van der Waals surface area contributed by atoms with E-state index in [0.717, 1.165) is 55.5 Å². The molecule has 168 valence electrons. The van der Waals surface area contributed by atoms with Gasteiger partial charge in [0.2, 0.25) is 5.91 Å². The van der Waals surface area contributed by atoms with Crippen LogP contribution in [0, 0.1) is 5.82 Å². The van der Waals surface area contributed by atoms with E-state index in [4.69, 9.17) is 0 Å². The molecule has 2 saturated heterocycles. The number of aromatic nitrogens is 2. The van der Waals surface area contributed by atoms with Gasteiger partial charge in [-0.1, -0.05) is 12.5 Å². The summed E-state index contributed by atoms with van der Waals surface area (Å²) in [7, 11) is 0. The van der Waals surface area contributed by atoms with Gasteiger partial charge in [-0.15, -0.1) is 0 Å². The average Bonchev–Trinajstić information content (AvgIpc) is 3.23. The fraction of sp³-hybridized carbons (Fsp3) is 0.462.